The Balaban J connectivity index is 2.18. The van der Waals surface area contributed by atoms with E-state index in [2.05, 4.69) is 15.9 Å². The van der Waals surface area contributed by atoms with Gasteiger partial charge in [0.15, 0.2) is 0 Å². The number of halogens is 3. The van der Waals surface area contributed by atoms with Crippen molar-refractivity contribution in [1.82, 2.24) is 0 Å². The lowest BCUT2D eigenvalue weighted by Crippen LogP contribution is -2.03. The molecule has 0 aliphatic rings. The summed E-state index contributed by atoms with van der Waals surface area (Å²) in [5.41, 5.74) is 1.05. The van der Waals surface area contributed by atoms with Gasteiger partial charge >= 0.3 is 0 Å². The van der Waals surface area contributed by atoms with Crippen molar-refractivity contribution in [3.05, 3.63) is 63.6 Å². The summed E-state index contributed by atoms with van der Waals surface area (Å²) in [6, 6.07) is 8.40. The van der Waals surface area contributed by atoms with Gasteiger partial charge in [0.1, 0.15) is 17.4 Å². The Labute approximate surface area is 124 Å². The van der Waals surface area contributed by atoms with Crippen LogP contribution >= 0.6 is 15.9 Å². The fourth-order valence-electron chi connectivity index (χ4n) is 1.95. The fraction of sp³-hybridized carbons (Fsp3) is 0.200. The number of methoxy groups -OCH3 is 1. The average molecular weight is 343 g/mol. The fourth-order valence-corrected chi connectivity index (χ4v) is 2.53. The molecule has 1 unspecified atom stereocenters. The van der Waals surface area contributed by atoms with Crippen molar-refractivity contribution in [1.29, 1.82) is 0 Å². The first-order valence-corrected chi connectivity index (χ1v) is 6.75. The summed E-state index contributed by atoms with van der Waals surface area (Å²) in [6.45, 7) is 0. The van der Waals surface area contributed by atoms with E-state index in [0.717, 1.165) is 28.2 Å². The summed E-state index contributed by atoms with van der Waals surface area (Å²) in [4.78, 5) is 0. The van der Waals surface area contributed by atoms with E-state index in [1.165, 1.54) is 0 Å². The third-order valence-corrected chi connectivity index (χ3v) is 3.53. The molecule has 2 rings (SSSR count). The Kier molecular flexibility index (Phi) is 4.73. The molecule has 2 aromatic rings. The molecule has 5 heteroatoms. The highest BCUT2D eigenvalue weighted by Gasteiger charge is 2.12. The highest BCUT2D eigenvalue weighted by atomic mass is 79.9. The molecule has 0 saturated heterocycles. The third-order valence-electron chi connectivity index (χ3n) is 2.91. The third kappa shape index (κ3) is 3.55. The van der Waals surface area contributed by atoms with Crippen LogP contribution in [0.5, 0.6) is 5.75 Å². The van der Waals surface area contributed by atoms with Crippen LogP contribution < -0.4 is 4.74 Å². The molecule has 106 valence electrons. The Morgan fingerprint density at radius 2 is 1.80 bits per heavy atom. The number of rotatable bonds is 4. The van der Waals surface area contributed by atoms with E-state index in [0.29, 0.717) is 5.75 Å². The Morgan fingerprint density at radius 3 is 2.35 bits per heavy atom. The normalized spacial score (nSPS) is 12.2. The van der Waals surface area contributed by atoms with Gasteiger partial charge in [-0.3, -0.25) is 0 Å². The zero-order valence-corrected chi connectivity index (χ0v) is 12.3. The van der Waals surface area contributed by atoms with Crippen LogP contribution in [-0.4, -0.2) is 12.2 Å². The predicted molar refractivity (Wildman–Crippen MR) is 75.7 cm³/mol. The quantitative estimate of drug-likeness (QED) is 0.909. The first kappa shape index (κ1) is 14.9. The first-order valence-electron chi connectivity index (χ1n) is 5.96. The van der Waals surface area contributed by atoms with E-state index in [4.69, 9.17) is 4.74 Å². The van der Waals surface area contributed by atoms with E-state index in [-0.39, 0.29) is 12.0 Å². The van der Waals surface area contributed by atoms with Gasteiger partial charge in [-0.2, -0.15) is 0 Å². The minimum absolute atomic E-state index is 0.217. The van der Waals surface area contributed by atoms with E-state index in [1.807, 2.05) is 0 Å². The number of aliphatic hydroxyl groups is 1. The van der Waals surface area contributed by atoms with Crippen LogP contribution in [0.25, 0.3) is 0 Å². The maximum absolute atomic E-state index is 13.1. The lowest BCUT2D eigenvalue weighted by molar-refractivity contribution is 0.177. The van der Waals surface area contributed by atoms with E-state index >= 15 is 0 Å². The molecule has 1 atom stereocenters. The second kappa shape index (κ2) is 6.33. The van der Waals surface area contributed by atoms with Crippen molar-refractivity contribution >= 4 is 15.9 Å². The molecule has 20 heavy (non-hydrogen) atoms. The monoisotopic (exact) mass is 342 g/mol. The maximum atomic E-state index is 13.1. The van der Waals surface area contributed by atoms with Crippen LogP contribution in [0.4, 0.5) is 8.78 Å². The van der Waals surface area contributed by atoms with Gasteiger partial charge < -0.3 is 9.84 Å². The van der Waals surface area contributed by atoms with E-state index in [9.17, 15) is 13.9 Å². The molecule has 0 spiro atoms. The van der Waals surface area contributed by atoms with Gasteiger partial charge in [-0.1, -0.05) is 6.07 Å². The van der Waals surface area contributed by atoms with E-state index in [1.54, 1.807) is 25.3 Å². The molecular weight excluding hydrogens is 330 g/mol. The smallest absolute Gasteiger partial charge is 0.133 e. The van der Waals surface area contributed by atoms with Gasteiger partial charge in [-0.05, 0) is 51.3 Å². The molecule has 0 heterocycles. The molecule has 0 radical (unpaired) electrons. The van der Waals surface area contributed by atoms with Crippen LogP contribution in [-0.2, 0) is 6.42 Å². The maximum Gasteiger partial charge on any atom is 0.133 e. The van der Waals surface area contributed by atoms with Crippen LogP contribution in [0.2, 0.25) is 0 Å². The highest BCUT2D eigenvalue weighted by molar-refractivity contribution is 9.10. The minimum Gasteiger partial charge on any atom is -0.496 e. The van der Waals surface area contributed by atoms with Crippen LogP contribution in [0, 0.1) is 11.6 Å². The van der Waals surface area contributed by atoms with Crippen LogP contribution in [0.15, 0.2) is 40.9 Å². The summed E-state index contributed by atoms with van der Waals surface area (Å²) in [5.74, 6) is -0.718. The van der Waals surface area contributed by atoms with Crippen molar-refractivity contribution in [2.24, 2.45) is 0 Å². The van der Waals surface area contributed by atoms with Gasteiger partial charge in [0, 0.05) is 12.5 Å². The molecule has 0 aromatic heterocycles. The Bertz CT molecular complexity index is 597. The second-order valence-electron chi connectivity index (χ2n) is 4.39. The standard InChI is InChI=1S/C15H13BrF2O2/c1-20-15-3-2-9(4-13(15)16)5-14(19)10-6-11(17)8-12(18)7-10/h2-4,6-8,14,19H,5H2,1H3. The molecule has 0 aliphatic carbocycles. The van der Waals surface area contributed by atoms with Gasteiger partial charge in [-0.25, -0.2) is 8.78 Å². The van der Waals surface area contributed by atoms with Crippen LogP contribution in [0.3, 0.4) is 0 Å². The Hall–Kier alpha value is -1.46. The molecule has 0 bridgehead atoms. The zero-order valence-electron chi connectivity index (χ0n) is 10.7. The summed E-state index contributed by atoms with van der Waals surface area (Å²) in [5, 5.41) is 10.1. The summed E-state index contributed by atoms with van der Waals surface area (Å²) in [7, 11) is 1.56. The number of aliphatic hydroxyl groups excluding tert-OH is 1. The van der Waals surface area contributed by atoms with Crippen LogP contribution in [0.1, 0.15) is 17.2 Å². The lowest BCUT2D eigenvalue weighted by Gasteiger charge is -2.12. The minimum atomic E-state index is -0.972. The number of hydrogen-bond acceptors (Lipinski definition) is 2. The molecule has 2 nitrogen and oxygen atoms in total. The molecular formula is C15H13BrF2O2. The molecule has 0 fully saturated rings. The van der Waals surface area contributed by atoms with Crippen molar-refractivity contribution in [3.63, 3.8) is 0 Å². The van der Waals surface area contributed by atoms with Crippen molar-refractivity contribution in [3.8, 4) is 5.75 Å². The highest BCUT2D eigenvalue weighted by Crippen LogP contribution is 2.28. The number of benzene rings is 2. The topological polar surface area (TPSA) is 29.5 Å². The number of ether oxygens (including phenoxy) is 1. The largest absolute Gasteiger partial charge is 0.496 e. The predicted octanol–water partition coefficient (Wildman–Crippen LogP) is 4.01. The molecule has 0 saturated carbocycles. The molecule has 0 aliphatic heterocycles. The lowest BCUT2D eigenvalue weighted by atomic mass is 10.0. The summed E-state index contributed by atoms with van der Waals surface area (Å²) >= 11 is 3.35. The van der Waals surface area contributed by atoms with Crippen molar-refractivity contribution < 1.29 is 18.6 Å². The molecule has 1 N–H and O–H groups in total. The summed E-state index contributed by atoms with van der Waals surface area (Å²) in [6.07, 6.45) is -0.716. The zero-order chi connectivity index (χ0) is 14.7. The second-order valence-corrected chi connectivity index (χ2v) is 5.25. The summed E-state index contributed by atoms with van der Waals surface area (Å²) < 4.78 is 32.1. The van der Waals surface area contributed by atoms with E-state index < -0.39 is 17.7 Å². The van der Waals surface area contributed by atoms with Crippen molar-refractivity contribution in [2.45, 2.75) is 12.5 Å². The van der Waals surface area contributed by atoms with Gasteiger partial charge in [0.25, 0.3) is 0 Å². The molecule has 2 aromatic carbocycles. The molecule has 0 amide bonds. The van der Waals surface area contributed by atoms with Crippen molar-refractivity contribution in [2.75, 3.05) is 7.11 Å². The van der Waals surface area contributed by atoms with Gasteiger partial charge in [0.2, 0.25) is 0 Å². The SMILES string of the molecule is COc1ccc(CC(O)c2cc(F)cc(F)c2)cc1Br. The number of hydrogen-bond donors (Lipinski definition) is 1. The average Bonchev–Trinajstić information content (AvgIpc) is 2.37. The van der Waals surface area contributed by atoms with Gasteiger partial charge in [-0.15, -0.1) is 0 Å². The van der Waals surface area contributed by atoms with Gasteiger partial charge in [0.05, 0.1) is 17.7 Å². The first-order chi connectivity index (χ1) is 9.49. The Morgan fingerprint density at radius 1 is 1.15 bits per heavy atom.